The maximum absolute atomic E-state index is 12.3. The van der Waals surface area contributed by atoms with E-state index in [0.717, 1.165) is 35.2 Å². The lowest BCUT2D eigenvalue weighted by Crippen LogP contribution is -2.30. The van der Waals surface area contributed by atoms with Gasteiger partial charge in [-0.05, 0) is 79.0 Å². The van der Waals surface area contributed by atoms with E-state index in [4.69, 9.17) is 23.4 Å². The number of nitrogens with zero attached hydrogens (tertiary/aromatic N) is 2. The van der Waals surface area contributed by atoms with Crippen LogP contribution in [-0.4, -0.2) is 88.5 Å². The van der Waals surface area contributed by atoms with Crippen molar-refractivity contribution in [2.75, 3.05) is 54.5 Å². The number of aldehydes is 1. The molecule has 0 atom stereocenters. The highest BCUT2D eigenvalue weighted by molar-refractivity contribution is 5.86. The summed E-state index contributed by atoms with van der Waals surface area (Å²) in [5, 5.41) is 0. The monoisotopic (exact) mass is 667 g/mol. The molecule has 0 bridgehead atoms. The van der Waals surface area contributed by atoms with Crippen LogP contribution in [0.25, 0.3) is 0 Å². The van der Waals surface area contributed by atoms with Gasteiger partial charge in [0.1, 0.15) is 19.8 Å². The lowest BCUT2D eigenvalue weighted by molar-refractivity contribution is -0.263. The van der Waals surface area contributed by atoms with Gasteiger partial charge in [-0.25, -0.2) is 4.79 Å². The number of esters is 3. The van der Waals surface area contributed by atoms with Crippen LogP contribution in [0.1, 0.15) is 67.2 Å². The molecule has 2 aromatic rings. The van der Waals surface area contributed by atoms with Gasteiger partial charge in [-0.1, -0.05) is 56.0 Å². The lowest BCUT2D eigenvalue weighted by atomic mass is 9.85. The molecular formula is C38H55N2O8+. The van der Waals surface area contributed by atoms with Crippen molar-refractivity contribution in [3.8, 4) is 0 Å². The van der Waals surface area contributed by atoms with Crippen molar-refractivity contribution in [3.63, 3.8) is 0 Å². The van der Waals surface area contributed by atoms with Gasteiger partial charge in [-0.2, -0.15) is 0 Å². The molecule has 0 unspecified atom stereocenters. The standard InChI is InChI=1S/C20H31NO4.C10H9O2.C8H15NO2/c1-6-18(22)25-15-17-10-8-7-9-16(17)11-12-20(2,3)19(23)24-14-13-21(4)5;1-8-11-6-9-4-2-3-5-10(9)7-12-8;1-7(2)8(10)11-6-5-9(3)4/h7-10H,6,11-15H2,1-5H3;2-6H,1,7H2;1,5-6H2,2-4H3/q;+1;. The van der Waals surface area contributed by atoms with Gasteiger partial charge in [0.2, 0.25) is 12.9 Å². The molecule has 0 aliphatic carbocycles. The van der Waals surface area contributed by atoms with Gasteiger partial charge in [-0.3, -0.25) is 14.0 Å². The largest absolute Gasteiger partial charge is 0.510 e. The Morgan fingerprint density at radius 2 is 1.48 bits per heavy atom. The molecule has 0 spiro atoms. The molecule has 0 amide bonds. The predicted molar refractivity (Wildman–Crippen MR) is 188 cm³/mol. The van der Waals surface area contributed by atoms with Crippen LogP contribution in [0.4, 0.5) is 0 Å². The van der Waals surface area contributed by atoms with Crippen LogP contribution in [-0.2, 0) is 53.0 Å². The Balaban J connectivity index is 0.000000412. The second-order valence-electron chi connectivity index (χ2n) is 12.4. The third-order valence-electron chi connectivity index (χ3n) is 7.02. The molecule has 0 saturated heterocycles. The highest BCUT2D eigenvalue weighted by Gasteiger charge is 2.29. The molecule has 0 radical (unpaired) electrons. The summed E-state index contributed by atoms with van der Waals surface area (Å²) in [5.74, 6) is -0.345. The molecular weight excluding hydrogens is 612 g/mol. The fraction of sp³-hybridized carbons (Fsp3) is 0.474. The number of carbonyl (C=O) groups is 3. The quantitative estimate of drug-likeness (QED) is 0.0800. The Labute approximate surface area is 287 Å². The number of hydrogen-bond acceptors (Lipinski definition) is 9. The zero-order valence-corrected chi connectivity index (χ0v) is 30.1. The van der Waals surface area contributed by atoms with Crippen molar-refractivity contribution in [1.82, 2.24) is 9.80 Å². The third-order valence-corrected chi connectivity index (χ3v) is 7.02. The van der Waals surface area contributed by atoms with Gasteiger partial charge in [0.25, 0.3) is 0 Å². The highest BCUT2D eigenvalue weighted by atomic mass is 16.6. The maximum atomic E-state index is 12.3. The Morgan fingerprint density at radius 1 is 0.896 bits per heavy atom. The number of rotatable bonds is 14. The predicted octanol–water partition coefficient (Wildman–Crippen LogP) is 5.91. The van der Waals surface area contributed by atoms with Gasteiger partial charge in [0.15, 0.2) is 0 Å². The zero-order valence-electron chi connectivity index (χ0n) is 30.1. The van der Waals surface area contributed by atoms with Crippen LogP contribution in [0.3, 0.4) is 0 Å². The van der Waals surface area contributed by atoms with E-state index in [1.165, 1.54) is 0 Å². The fourth-order valence-electron chi connectivity index (χ4n) is 3.81. The SMILES string of the molecule is C=C(C)C(=O)OCCN(C)C.C=C1OCc2ccccc2C=[O+]1.CCC(=O)OCc1ccccc1CCC(C)(C)C(=O)OCCN(C)C. The van der Waals surface area contributed by atoms with Crippen LogP contribution in [0.15, 0.2) is 73.2 Å². The molecule has 0 N–H and O–H groups in total. The molecule has 1 heterocycles. The van der Waals surface area contributed by atoms with Crippen molar-refractivity contribution >= 4 is 24.2 Å². The minimum atomic E-state index is -0.556. The summed E-state index contributed by atoms with van der Waals surface area (Å²) in [7, 11) is 7.74. The van der Waals surface area contributed by atoms with Crippen LogP contribution in [0.2, 0.25) is 0 Å². The summed E-state index contributed by atoms with van der Waals surface area (Å²) in [6, 6.07) is 15.8. The summed E-state index contributed by atoms with van der Waals surface area (Å²) in [6.07, 6.45) is 3.43. The molecule has 10 heteroatoms. The van der Waals surface area contributed by atoms with E-state index in [-0.39, 0.29) is 24.5 Å². The maximum Gasteiger partial charge on any atom is 0.510 e. The third kappa shape index (κ3) is 17.6. The van der Waals surface area contributed by atoms with Crippen LogP contribution in [0, 0.1) is 5.41 Å². The molecule has 3 rings (SSSR count). The molecule has 2 aromatic carbocycles. The summed E-state index contributed by atoms with van der Waals surface area (Å²) < 4.78 is 25.7. The van der Waals surface area contributed by atoms with Gasteiger partial charge in [-0.15, -0.1) is 0 Å². The van der Waals surface area contributed by atoms with Gasteiger partial charge < -0.3 is 28.7 Å². The summed E-state index contributed by atoms with van der Waals surface area (Å²) >= 11 is 0. The van der Waals surface area contributed by atoms with E-state index in [2.05, 4.69) is 13.2 Å². The first kappa shape index (κ1) is 41.7. The minimum absolute atomic E-state index is 0.177. The van der Waals surface area contributed by atoms with Gasteiger partial charge in [0.05, 0.1) is 5.41 Å². The number of hydrogen-bond donors (Lipinski definition) is 0. The first-order valence-electron chi connectivity index (χ1n) is 16.1. The fourth-order valence-corrected chi connectivity index (χ4v) is 3.81. The molecule has 0 aromatic heterocycles. The first-order valence-corrected chi connectivity index (χ1v) is 16.1. The molecule has 0 fully saturated rings. The topological polar surface area (TPSA) is 106 Å². The first-order chi connectivity index (χ1) is 22.7. The second kappa shape index (κ2) is 22.3. The molecule has 264 valence electrons. The van der Waals surface area contributed by atoms with E-state index < -0.39 is 5.41 Å². The summed E-state index contributed by atoms with van der Waals surface area (Å²) in [6.45, 7) is 17.4. The number of ether oxygens (including phenoxy) is 4. The van der Waals surface area contributed by atoms with E-state index in [1.54, 1.807) is 20.1 Å². The highest BCUT2D eigenvalue weighted by Crippen LogP contribution is 2.26. The number of carbonyl (C=O) groups excluding carboxylic acids is 4. The number of benzene rings is 2. The number of aryl methyl sites for hydroxylation is 1. The lowest BCUT2D eigenvalue weighted by Gasteiger charge is -2.23. The Bertz CT molecular complexity index is 1360. The normalized spacial score (nSPS) is 11.9. The van der Waals surface area contributed by atoms with Crippen molar-refractivity contribution in [3.05, 3.63) is 95.5 Å². The van der Waals surface area contributed by atoms with Crippen molar-refractivity contribution in [1.29, 1.82) is 0 Å². The van der Waals surface area contributed by atoms with Crippen molar-refractivity contribution in [2.45, 2.75) is 60.2 Å². The smallest absolute Gasteiger partial charge is 0.464 e. The van der Waals surface area contributed by atoms with E-state index in [0.29, 0.717) is 50.7 Å². The van der Waals surface area contributed by atoms with E-state index >= 15 is 0 Å². The zero-order chi connectivity index (χ0) is 36.1. The minimum Gasteiger partial charge on any atom is -0.464 e. The Morgan fingerprint density at radius 3 is 2.08 bits per heavy atom. The van der Waals surface area contributed by atoms with Crippen LogP contribution < -0.4 is 0 Å². The van der Waals surface area contributed by atoms with Gasteiger partial charge in [0, 0.05) is 42.8 Å². The van der Waals surface area contributed by atoms with Crippen LogP contribution in [0.5, 0.6) is 0 Å². The second-order valence-corrected chi connectivity index (χ2v) is 12.4. The average Bonchev–Trinajstić information content (AvgIpc) is 3.24. The molecule has 1 aliphatic heterocycles. The van der Waals surface area contributed by atoms with Crippen molar-refractivity contribution < 1.29 is 37.8 Å². The molecule has 10 nitrogen and oxygen atoms in total. The summed E-state index contributed by atoms with van der Waals surface area (Å²) in [4.78, 5) is 38.4. The molecule has 0 saturated carbocycles. The Kier molecular flexibility index (Phi) is 19.4. The average molecular weight is 668 g/mol. The molecule has 1 aliphatic rings. The van der Waals surface area contributed by atoms with Gasteiger partial charge >= 0.3 is 23.9 Å². The summed E-state index contributed by atoms with van der Waals surface area (Å²) in [5.41, 5.74) is 4.15. The molecule has 48 heavy (non-hydrogen) atoms. The Hall–Kier alpha value is -4.28. The van der Waals surface area contributed by atoms with Crippen molar-refractivity contribution in [2.24, 2.45) is 5.41 Å². The van der Waals surface area contributed by atoms with E-state index in [9.17, 15) is 14.4 Å². The van der Waals surface area contributed by atoms with E-state index in [1.807, 2.05) is 100 Å². The van der Waals surface area contributed by atoms with Crippen LogP contribution >= 0.6 is 0 Å². The number of likely N-dealkylation sites (N-methyl/N-ethyl adjacent to an activating group) is 2. The number of fused-ring (bicyclic) bond motifs is 1.